The monoisotopic (exact) mass is 230 g/mol. The number of anilines is 1. The van der Waals surface area contributed by atoms with Crippen LogP contribution in [-0.4, -0.2) is 18.8 Å². The Morgan fingerprint density at radius 3 is 2.47 bits per heavy atom. The Bertz CT molecular complexity index is 495. The van der Waals surface area contributed by atoms with E-state index < -0.39 is 20.8 Å². The molecule has 6 nitrogen and oxygen atoms in total. The van der Waals surface area contributed by atoms with Gasteiger partial charge in [0.25, 0.3) is 10.1 Å². The molecule has 0 amide bonds. The van der Waals surface area contributed by atoms with Crippen LogP contribution in [0.5, 0.6) is 0 Å². The first-order valence-corrected chi connectivity index (χ1v) is 5.39. The lowest BCUT2D eigenvalue weighted by molar-refractivity contribution is 0.101. The SMILES string of the molecule is CC(=O)c1cc(NN)ccc1S(=O)(=O)O. The van der Waals surface area contributed by atoms with E-state index in [4.69, 9.17) is 10.4 Å². The second-order valence-electron chi connectivity index (χ2n) is 2.89. The van der Waals surface area contributed by atoms with E-state index in [-0.39, 0.29) is 5.56 Å². The molecule has 1 aromatic carbocycles. The van der Waals surface area contributed by atoms with E-state index in [0.717, 1.165) is 6.07 Å². The van der Waals surface area contributed by atoms with E-state index in [2.05, 4.69) is 5.43 Å². The molecule has 0 bridgehead atoms. The topological polar surface area (TPSA) is 109 Å². The molecule has 0 aliphatic heterocycles. The highest BCUT2D eigenvalue weighted by atomic mass is 32.2. The number of benzene rings is 1. The average molecular weight is 230 g/mol. The Balaban J connectivity index is 3.48. The molecule has 15 heavy (non-hydrogen) atoms. The van der Waals surface area contributed by atoms with Crippen molar-refractivity contribution in [3.8, 4) is 0 Å². The predicted molar refractivity (Wildman–Crippen MR) is 54.1 cm³/mol. The average Bonchev–Trinajstić information content (AvgIpc) is 2.15. The number of ketones is 1. The number of Topliss-reactive ketones (excluding diaryl/α,β-unsaturated/α-hetero) is 1. The molecule has 1 aromatic rings. The molecule has 0 heterocycles. The van der Waals surface area contributed by atoms with Gasteiger partial charge in [-0.3, -0.25) is 15.2 Å². The van der Waals surface area contributed by atoms with Crippen molar-refractivity contribution in [1.82, 2.24) is 0 Å². The van der Waals surface area contributed by atoms with Crippen molar-refractivity contribution >= 4 is 21.6 Å². The first-order chi connectivity index (χ1) is 6.86. The second kappa shape index (κ2) is 3.97. The molecular weight excluding hydrogens is 220 g/mol. The quantitative estimate of drug-likeness (QED) is 0.300. The molecule has 4 N–H and O–H groups in total. The third kappa shape index (κ3) is 2.52. The molecule has 0 saturated heterocycles. The molecule has 0 aromatic heterocycles. The highest BCUT2D eigenvalue weighted by molar-refractivity contribution is 7.86. The highest BCUT2D eigenvalue weighted by Gasteiger charge is 2.18. The molecule has 0 aliphatic rings. The van der Waals surface area contributed by atoms with E-state index in [1.165, 1.54) is 19.1 Å². The molecule has 0 atom stereocenters. The number of hydrazine groups is 1. The van der Waals surface area contributed by atoms with Crippen LogP contribution in [0.4, 0.5) is 5.69 Å². The van der Waals surface area contributed by atoms with E-state index in [0.29, 0.717) is 5.69 Å². The van der Waals surface area contributed by atoms with E-state index in [1.54, 1.807) is 0 Å². The summed E-state index contributed by atoms with van der Waals surface area (Å²) in [7, 11) is -4.39. The van der Waals surface area contributed by atoms with Gasteiger partial charge in [0.2, 0.25) is 0 Å². The Morgan fingerprint density at radius 1 is 1.47 bits per heavy atom. The zero-order valence-electron chi connectivity index (χ0n) is 7.89. The number of nitrogen functional groups attached to an aromatic ring is 1. The van der Waals surface area contributed by atoms with E-state index in [9.17, 15) is 13.2 Å². The summed E-state index contributed by atoms with van der Waals surface area (Å²) < 4.78 is 30.7. The smallest absolute Gasteiger partial charge is 0.295 e. The third-order valence-electron chi connectivity index (χ3n) is 1.80. The van der Waals surface area contributed by atoms with Gasteiger partial charge in [-0.2, -0.15) is 8.42 Å². The zero-order valence-corrected chi connectivity index (χ0v) is 8.71. The van der Waals surface area contributed by atoms with Gasteiger partial charge in [-0.05, 0) is 25.1 Å². The van der Waals surface area contributed by atoms with Crippen LogP contribution in [0, 0.1) is 0 Å². The minimum Gasteiger partial charge on any atom is -0.324 e. The number of carbonyl (C=O) groups is 1. The van der Waals surface area contributed by atoms with Gasteiger partial charge in [0.15, 0.2) is 5.78 Å². The Hall–Kier alpha value is -1.44. The normalized spacial score (nSPS) is 11.1. The maximum absolute atomic E-state index is 11.1. The molecular formula is C8H10N2O4S. The van der Waals surface area contributed by atoms with Gasteiger partial charge in [-0.25, -0.2) is 0 Å². The van der Waals surface area contributed by atoms with Crippen molar-refractivity contribution in [2.24, 2.45) is 5.84 Å². The standard InChI is InChI=1S/C8H10N2O4S/c1-5(11)7-4-6(10-9)2-3-8(7)15(12,13)14/h2-4,10H,9H2,1H3,(H,12,13,14). The van der Waals surface area contributed by atoms with Crippen LogP contribution in [0.25, 0.3) is 0 Å². The molecule has 0 unspecified atom stereocenters. The second-order valence-corrected chi connectivity index (χ2v) is 4.28. The summed E-state index contributed by atoms with van der Waals surface area (Å²) in [5, 5.41) is 0. The molecule has 7 heteroatoms. The summed E-state index contributed by atoms with van der Waals surface area (Å²) >= 11 is 0. The Morgan fingerprint density at radius 2 is 2.07 bits per heavy atom. The summed E-state index contributed by atoms with van der Waals surface area (Å²) in [4.78, 5) is 10.7. The van der Waals surface area contributed by atoms with Crippen molar-refractivity contribution in [2.45, 2.75) is 11.8 Å². The summed E-state index contributed by atoms with van der Waals surface area (Å²) in [6.45, 7) is 1.20. The summed E-state index contributed by atoms with van der Waals surface area (Å²) in [6, 6.07) is 3.71. The fourth-order valence-electron chi connectivity index (χ4n) is 1.12. The van der Waals surface area contributed by atoms with Crippen LogP contribution in [0.3, 0.4) is 0 Å². The van der Waals surface area contributed by atoms with Crippen molar-refractivity contribution < 1.29 is 17.8 Å². The number of carbonyl (C=O) groups excluding carboxylic acids is 1. The van der Waals surface area contributed by atoms with Crippen LogP contribution < -0.4 is 11.3 Å². The lowest BCUT2D eigenvalue weighted by atomic mass is 10.1. The van der Waals surface area contributed by atoms with Gasteiger partial charge in [-0.15, -0.1) is 0 Å². The van der Waals surface area contributed by atoms with E-state index in [1.807, 2.05) is 0 Å². The number of rotatable bonds is 3. The maximum Gasteiger partial charge on any atom is 0.295 e. The molecule has 82 valence electrons. The molecule has 0 spiro atoms. The molecule has 0 fully saturated rings. The van der Waals surface area contributed by atoms with Gasteiger partial charge in [-0.1, -0.05) is 0 Å². The Kier molecular flexibility index (Phi) is 3.08. The van der Waals surface area contributed by atoms with Gasteiger partial charge in [0.1, 0.15) is 4.90 Å². The number of nitrogens with one attached hydrogen (secondary N) is 1. The van der Waals surface area contributed by atoms with Gasteiger partial charge in [0, 0.05) is 11.3 Å². The van der Waals surface area contributed by atoms with Crippen molar-refractivity contribution in [3.05, 3.63) is 23.8 Å². The van der Waals surface area contributed by atoms with Gasteiger partial charge in [0.05, 0.1) is 0 Å². The Labute approximate surface area is 86.8 Å². The molecule has 0 aliphatic carbocycles. The van der Waals surface area contributed by atoms with Crippen LogP contribution in [0.1, 0.15) is 17.3 Å². The van der Waals surface area contributed by atoms with Crippen molar-refractivity contribution in [1.29, 1.82) is 0 Å². The van der Waals surface area contributed by atoms with Gasteiger partial charge >= 0.3 is 0 Å². The van der Waals surface area contributed by atoms with E-state index >= 15 is 0 Å². The van der Waals surface area contributed by atoms with Crippen molar-refractivity contribution in [3.63, 3.8) is 0 Å². The minimum absolute atomic E-state index is 0.104. The summed E-state index contributed by atoms with van der Waals surface area (Å²) in [5.74, 6) is 4.63. The number of nitrogens with two attached hydrogens (primary N) is 1. The van der Waals surface area contributed by atoms with Gasteiger partial charge < -0.3 is 5.43 Å². The predicted octanol–water partition coefficient (Wildman–Crippen LogP) is 0.422. The lowest BCUT2D eigenvalue weighted by Gasteiger charge is -2.06. The number of hydrogen-bond acceptors (Lipinski definition) is 5. The minimum atomic E-state index is -4.39. The van der Waals surface area contributed by atoms with Crippen molar-refractivity contribution in [2.75, 3.05) is 5.43 Å². The fraction of sp³-hybridized carbons (Fsp3) is 0.125. The van der Waals surface area contributed by atoms with Crippen LogP contribution >= 0.6 is 0 Å². The van der Waals surface area contributed by atoms with Crippen LogP contribution in [0.15, 0.2) is 23.1 Å². The largest absolute Gasteiger partial charge is 0.324 e. The van der Waals surface area contributed by atoms with Crippen LogP contribution in [-0.2, 0) is 10.1 Å². The fourth-order valence-corrected chi connectivity index (χ4v) is 1.84. The first-order valence-electron chi connectivity index (χ1n) is 3.95. The summed E-state index contributed by atoms with van der Waals surface area (Å²) in [5.41, 5.74) is 2.55. The molecule has 0 radical (unpaired) electrons. The zero-order chi connectivity index (χ0) is 11.6. The molecule has 1 rings (SSSR count). The highest BCUT2D eigenvalue weighted by Crippen LogP contribution is 2.20. The third-order valence-corrected chi connectivity index (χ3v) is 2.72. The lowest BCUT2D eigenvalue weighted by Crippen LogP contribution is -2.11. The first kappa shape index (κ1) is 11.6. The number of hydrogen-bond donors (Lipinski definition) is 3. The maximum atomic E-state index is 11.1. The summed E-state index contributed by atoms with van der Waals surface area (Å²) in [6.07, 6.45) is 0. The van der Waals surface area contributed by atoms with Crippen LogP contribution in [0.2, 0.25) is 0 Å². The molecule has 0 saturated carbocycles.